The van der Waals surface area contributed by atoms with Gasteiger partial charge in [-0.05, 0) is 29.8 Å². The summed E-state index contributed by atoms with van der Waals surface area (Å²) >= 11 is 5.61. The second-order valence-electron chi connectivity index (χ2n) is 4.16. The number of benzene rings is 1. The van der Waals surface area contributed by atoms with E-state index in [-0.39, 0.29) is 10.9 Å². The average Bonchev–Trinajstić information content (AvgIpc) is 2.41. The zero-order chi connectivity index (χ0) is 13.1. The van der Waals surface area contributed by atoms with Gasteiger partial charge in [0.05, 0.1) is 11.1 Å². The van der Waals surface area contributed by atoms with Crippen molar-refractivity contribution in [2.24, 2.45) is 0 Å². The van der Waals surface area contributed by atoms with E-state index in [1.54, 1.807) is 12.3 Å². The van der Waals surface area contributed by atoms with Crippen molar-refractivity contribution in [2.45, 2.75) is 18.9 Å². The number of pyridine rings is 1. The molecule has 0 saturated carbocycles. The Balaban J connectivity index is 2.25. The fraction of sp³-hybridized carbons (Fsp3) is 0.214. The molecule has 0 aliphatic rings. The summed E-state index contributed by atoms with van der Waals surface area (Å²) in [6.45, 7) is 1.85. The molecule has 1 aromatic heterocycles. The predicted octanol–water partition coefficient (Wildman–Crippen LogP) is 3.71. The molecule has 2 nitrogen and oxygen atoms in total. The number of nitrogens with zero attached hydrogens (tertiary/aromatic N) is 1. The van der Waals surface area contributed by atoms with Crippen molar-refractivity contribution in [1.29, 1.82) is 0 Å². The molecule has 0 radical (unpaired) electrons. The van der Waals surface area contributed by atoms with Gasteiger partial charge in [-0.25, -0.2) is 4.39 Å². The normalized spacial score (nSPS) is 14.2. The molecule has 0 spiro atoms. The van der Waals surface area contributed by atoms with E-state index in [0.29, 0.717) is 5.56 Å². The van der Waals surface area contributed by atoms with Crippen LogP contribution in [0.2, 0.25) is 5.02 Å². The lowest BCUT2D eigenvalue weighted by atomic mass is 9.94. The standard InChI is InChI=1S/C14H13ClFNO/c1-9(13-4-2-3-7-17-13)14(18)10-5-6-11(15)12(16)8-10/h2-9,14,18H,1H3. The van der Waals surface area contributed by atoms with Gasteiger partial charge < -0.3 is 5.11 Å². The van der Waals surface area contributed by atoms with Gasteiger partial charge in [-0.1, -0.05) is 30.7 Å². The van der Waals surface area contributed by atoms with E-state index in [1.165, 1.54) is 12.1 Å². The summed E-state index contributed by atoms with van der Waals surface area (Å²) in [6.07, 6.45) is 0.854. The Kier molecular flexibility index (Phi) is 3.94. The van der Waals surface area contributed by atoms with E-state index in [4.69, 9.17) is 11.6 Å². The van der Waals surface area contributed by atoms with Gasteiger partial charge in [-0.2, -0.15) is 0 Å². The molecule has 0 aliphatic carbocycles. The van der Waals surface area contributed by atoms with Gasteiger partial charge in [0.2, 0.25) is 0 Å². The van der Waals surface area contributed by atoms with E-state index >= 15 is 0 Å². The summed E-state index contributed by atoms with van der Waals surface area (Å²) in [4.78, 5) is 4.19. The molecule has 2 rings (SSSR count). The minimum Gasteiger partial charge on any atom is -0.388 e. The highest BCUT2D eigenvalue weighted by Crippen LogP contribution is 2.30. The topological polar surface area (TPSA) is 33.1 Å². The molecule has 0 saturated heterocycles. The Labute approximate surface area is 110 Å². The second kappa shape index (κ2) is 5.46. The molecule has 0 fully saturated rings. The summed E-state index contributed by atoms with van der Waals surface area (Å²) in [6, 6.07) is 9.82. The quantitative estimate of drug-likeness (QED) is 0.918. The monoisotopic (exact) mass is 265 g/mol. The molecule has 0 aliphatic heterocycles. The van der Waals surface area contributed by atoms with E-state index in [1.807, 2.05) is 25.1 Å². The van der Waals surface area contributed by atoms with Crippen LogP contribution in [-0.2, 0) is 0 Å². The number of aliphatic hydroxyl groups excluding tert-OH is 1. The molecule has 2 unspecified atom stereocenters. The molecular weight excluding hydrogens is 253 g/mol. The van der Waals surface area contributed by atoms with Crippen LogP contribution >= 0.6 is 11.6 Å². The Morgan fingerprint density at radius 3 is 2.67 bits per heavy atom. The van der Waals surface area contributed by atoms with Crippen molar-refractivity contribution < 1.29 is 9.50 Å². The first kappa shape index (κ1) is 13.0. The lowest BCUT2D eigenvalue weighted by molar-refractivity contribution is 0.149. The number of halogens is 2. The number of hydrogen-bond acceptors (Lipinski definition) is 2. The van der Waals surface area contributed by atoms with E-state index < -0.39 is 11.9 Å². The van der Waals surface area contributed by atoms with Crippen LogP contribution in [0.4, 0.5) is 4.39 Å². The Morgan fingerprint density at radius 2 is 2.06 bits per heavy atom. The highest BCUT2D eigenvalue weighted by atomic mass is 35.5. The van der Waals surface area contributed by atoms with Crippen LogP contribution in [0.15, 0.2) is 42.6 Å². The van der Waals surface area contributed by atoms with Crippen molar-refractivity contribution in [2.75, 3.05) is 0 Å². The summed E-state index contributed by atoms with van der Waals surface area (Å²) in [5, 5.41) is 10.3. The Morgan fingerprint density at radius 1 is 1.28 bits per heavy atom. The van der Waals surface area contributed by atoms with Gasteiger partial charge in [-0.3, -0.25) is 4.98 Å². The van der Waals surface area contributed by atoms with Crippen LogP contribution in [0.3, 0.4) is 0 Å². The Hall–Kier alpha value is -1.45. The summed E-state index contributed by atoms with van der Waals surface area (Å²) in [7, 11) is 0. The van der Waals surface area contributed by atoms with Crippen molar-refractivity contribution in [1.82, 2.24) is 4.98 Å². The third kappa shape index (κ3) is 2.68. The van der Waals surface area contributed by atoms with Gasteiger partial charge >= 0.3 is 0 Å². The summed E-state index contributed by atoms with van der Waals surface area (Å²) < 4.78 is 13.3. The molecule has 0 bridgehead atoms. The molecule has 4 heteroatoms. The van der Waals surface area contributed by atoms with Gasteiger partial charge in [0, 0.05) is 17.8 Å². The molecule has 0 amide bonds. The first-order chi connectivity index (χ1) is 8.59. The maximum atomic E-state index is 13.3. The van der Waals surface area contributed by atoms with Crippen molar-refractivity contribution in [3.05, 3.63) is 64.7 Å². The predicted molar refractivity (Wildman–Crippen MR) is 69.0 cm³/mol. The largest absolute Gasteiger partial charge is 0.388 e. The van der Waals surface area contributed by atoms with Gasteiger partial charge in [-0.15, -0.1) is 0 Å². The third-order valence-electron chi connectivity index (χ3n) is 2.91. The molecule has 2 atom stereocenters. The maximum absolute atomic E-state index is 13.3. The van der Waals surface area contributed by atoms with Crippen molar-refractivity contribution >= 4 is 11.6 Å². The van der Waals surface area contributed by atoms with Crippen molar-refractivity contribution in [3.8, 4) is 0 Å². The van der Waals surface area contributed by atoms with Crippen molar-refractivity contribution in [3.63, 3.8) is 0 Å². The highest BCUT2D eigenvalue weighted by molar-refractivity contribution is 6.30. The lowest BCUT2D eigenvalue weighted by Crippen LogP contribution is -2.09. The SMILES string of the molecule is CC(c1ccccn1)C(O)c1ccc(Cl)c(F)c1. The Bertz CT molecular complexity index is 533. The second-order valence-corrected chi connectivity index (χ2v) is 4.57. The van der Waals surface area contributed by atoms with Crippen LogP contribution in [0, 0.1) is 5.82 Å². The maximum Gasteiger partial charge on any atom is 0.142 e. The number of aliphatic hydroxyl groups is 1. The first-order valence-electron chi connectivity index (χ1n) is 5.63. The zero-order valence-corrected chi connectivity index (χ0v) is 10.6. The smallest absolute Gasteiger partial charge is 0.142 e. The van der Waals surface area contributed by atoms with Crippen LogP contribution in [-0.4, -0.2) is 10.1 Å². The van der Waals surface area contributed by atoms with Crippen LogP contribution in [0.1, 0.15) is 30.2 Å². The van der Waals surface area contributed by atoms with Gasteiger partial charge in [0.15, 0.2) is 0 Å². The number of aromatic nitrogens is 1. The third-order valence-corrected chi connectivity index (χ3v) is 3.22. The molecule has 2 aromatic rings. The van der Waals surface area contributed by atoms with Gasteiger partial charge in [0.1, 0.15) is 5.82 Å². The molecule has 1 heterocycles. The molecule has 94 valence electrons. The van der Waals surface area contributed by atoms with E-state index in [2.05, 4.69) is 4.98 Å². The fourth-order valence-corrected chi connectivity index (χ4v) is 1.91. The molecule has 1 aromatic carbocycles. The van der Waals surface area contributed by atoms with Crippen LogP contribution < -0.4 is 0 Å². The number of hydrogen-bond donors (Lipinski definition) is 1. The highest BCUT2D eigenvalue weighted by Gasteiger charge is 2.20. The summed E-state index contributed by atoms with van der Waals surface area (Å²) in [5.74, 6) is -0.742. The minimum absolute atomic E-state index is 0.0523. The fourth-order valence-electron chi connectivity index (χ4n) is 1.79. The minimum atomic E-state index is -0.813. The van der Waals surface area contributed by atoms with Crippen LogP contribution in [0.5, 0.6) is 0 Å². The lowest BCUT2D eigenvalue weighted by Gasteiger charge is -2.18. The molecule has 1 N–H and O–H groups in total. The first-order valence-corrected chi connectivity index (χ1v) is 6.01. The number of rotatable bonds is 3. The van der Waals surface area contributed by atoms with E-state index in [9.17, 15) is 9.50 Å². The van der Waals surface area contributed by atoms with Gasteiger partial charge in [0.25, 0.3) is 0 Å². The zero-order valence-electron chi connectivity index (χ0n) is 9.85. The van der Waals surface area contributed by atoms with E-state index in [0.717, 1.165) is 5.69 Å². The average molecular weight is 266 g/mol. The van der Waals surface area contributed by atoms with Crippen LogP contribution in [0.25, 0.3) is 0 Å². The molecule has 18 heavy (non-hydrogen) atoms. The molecular formula is C14H13ClFNO. The summed E-state index contributed by atoms with van der Waals surface area (Å²) in [5.41, 5.74) is 1.26.